The molecule has 0 bridgehead atoms. The molecule has 6 heteroatoms. The average molecular weight is 262 g/mol. The largest absolute Gasteiger partial charge is 0.298 e. The second kappa shape index (κ2) is 4.91. The Balaban J connectivity index is 3.14. The minimum absolute atomic E-state index is 0.471. The van der Waals surface area contributed by atoms with E-state index in [9.17, 15) is 22.0 Å². The first-order valence-corrected chi connectivity index (χ1v) is 6.60. The van der Waals surface area contributed by atoms with E-state index in [0.29, 0.717) is 6.07 Å². The minimum Gasteiger partial charge on any atom is -0.298 e. The maximum absolute atomic E-state index is 13.3. The number of ketones is 1. The van der Waals surface area contributed by atoms with Crippen LogP contribution < -0.4 is 0 Å². The predicted molar refractivity (Wildman–Crippen MR) is 58.3 cm³/mol. The van der Waals surface area contributed by atoms with Crippen molar-refractivity contribution in [2.24, 2.45) is 5.92 Å². The van der Waals surface area contributed by atoms with Gasteiger partial charge in [0.05, 0.1) is 0 Å². The fourth-order valence-corrected chi connectivity index (χ4v) is 2.67. The van der Waals surface area contributed by atoms with Gasteiger partial charge < -0.3 is 0 Å². The summed E-state index contributed by atoms with van der Waals surface area (Å²) in [7, 11) is -4.12. The van der Waals surface area contributed by atoms with Crippen LogP contribution in [0, 0.1) is 17.6 Å². The molecule has 0 aliphatic carbocycles. The summed E-state index contributed by atoms with van der Waals surface area (Å²) in [5.41, 5.74) is 0. The lowest BCUT2D eigenvalue weighted by atomic mass is 10.1. The van der Waals surface area contributed by atoms with Crippen LogP contribution in [0.1, 0.15) is 13.8 Å². The van der Waals surface area contributed by atoms with Crippen LogP contribution in [0.3, 0.4) is 0 Å². The summed E-state index contributed by atoms with van der Waals surface area (Å²) >= 11 is 0. The highest BCUT2D eigenvalue weighted by atomic mass is 32.2. The molecule has 1 rings (SSSR count). The molecule has 94 valence electrons. The van der Waals surface area contributed by atoms with Gasteiger partial charge in [-0.3, -0.25) is 4.79 Å². The maximum Gasteiger partial charge on any atom is 0.188 e. The van der Waals surface area contributed by atoms with Gasteiger partial charge >= 0.3 is 0 Å². The average Bonchev–Trinajstić information content (AvgIpc) is 2.20. The minimum atomic E-state index is -4.12. The first-order chi connectivity index (χ1) is 7.74. The van der Waals surface area contributed by atoms with Crippen LogP contribution in [-0.2, 0) is 14.6 Å². The van der Waals surface area contributed by atoms with Gasteiger partial charge in [-0.25, -0.2) is 17.2 Å². The SMILES string of the molecule is CC(C)C(=O)CS(=O)(=O)c1cc(F)ccc1F. The molecule has 1 aromatic rings. The van der Waals surface area contributed by atoms with Crippen molar-refractivity contribution < 1.29 is 22.0 Å². The standard InChI is InChI=1S/C11H12F2O3S/c1-7(2)10(14)6-17(15,16)11-5-8(12)3-4-9(11)13/h3-5,7H,6H2,1-2H3. The number of sulfone groups is 1. The summed E-state index contributed by atoms with van der Waals surface area (Å²) in [6.45, 7) is 3.08. The fraction of sp³-hybridized carbons (Fsp3) is 0.364. The second-order valence-corrected chi connectivity index (χ2v) is 5.91. The molecule has 0 N–H and O–H groups in total. The van der Waals surface area contributed by atoms with Gasteiger partial charge in [-0.2, -0.15) is 0 Å². The first-order valence-electron chi connectivity index (χ1n) is 4.94. The van der Waals surface area contributed by atoms with Crippen molar-refractivity contribution in [2.45, 2.75) is 18.7 Å². The van der Waals surface area contributed by atoms with Gasteiger partial charge in [0.1, 0.15) is 22.3 Å². The monoisotopic (exact) mass is 262 g/mol. The third-order valence-corrected chi connectivity index (χ3v) is 3.85. The van der Waals surface area contributed by atoms with Crippen LogP contribution in [-0.4, -0.2) is 20.0 Å². The normalized spacial score (nSPS) is 11.8. The molecule has 0 atom stereocenters. The van der Waals surface area contributed by atoms with Gasteiger partial charge in [0.25, 0.3) is 0 Å². The number of carbonyl (C=O) groups is 1. The molecule has 0 radical (unpaired) electrons. The Morgan fingerprint density at radius 2 is 1.88 bits per heavy atom. The first kappa shape index (κ1) is 13.8. The Labute approximate surface area is 98.4 Å². The van der Waals surface area contributed by atoms with Crippen LogP contribution in [0.5, 0.6) is 0 Å². The molecule has 0 aliphatic rings. The summed E-state index contributed by atoms with van der Waals surface area (Å²) in [6, 6.07) is 2.12. The molecule has 0 saturated carbocycles. The van der Waals surface area contributed by atoms with Gasteiger partial charge in [0, 0.05) is 5.92 Å². The highest BCUT2D eigenvalue weighted by molar-refractivity contribution is 7.92. The molecule has 3 nitrogen and oxygen atoms in total. The quantitative estimate of drug-likeness (QED) is 0.833. The van der Waals surface area contributed by atoms with E-state index >= 15 is 0 Å². The zero-order chi connectivity index (χ0) is 13.2. The van der Waals surface area contributed by atoms with Crippen molar-refractivity contribution in [3.05, 3.63) is 29.8 Å². The number of hydrogen-bond acceptors (Lipinski definition) is 3. The van der Waals surface area contributed by atoms with Crippen molar-refractivity contribution in [1.82, 2.24) is 0 Å². The summed E-state index contributed by atoms with van der Waals surface area (Å²) in [5, 5.41) is 0. The molecule has 0 aromatic heterocycles. The van der Waals surface area contributed by atoms with Crippen molar-refractivity contribution in [3.63, 3.8) is 0 Å². The summed E-state index contributed by atoms with van der Waals surface area (Å²) in [6.07, 6.45) is 0. The number of carbonyl (C=O) groups excluding carboxylic acids is 1. The Morgan fingerprint density at radius 1 is 1.29 bits per heavy atom. The fourth-order valence-electron chi connectivity index (χ4n) is 1.15. The van der Waals surface area contributed by atoms with Gasteiger partial charge in [-0.15, -0.1) is 0 Å². The zero-order valence-electron chi connectivity index (χ0n) is 9.41. The van der Waals surface area contributed by atoms with Crippen LogP contribution in [0.2, 0.25) is 0 Å². The van der Waals surface area contributed by atoms with E-state index in [1.807, 2.05) is 0 Å². The van der Waals surface area contributed by atoms with Crippen molar-refractivity contribution in [3.8, 4) is 0 Å². The van der Waals surface area contributed by atoms with Crippen LogP contribution >= 0.6 is 0 Å². The molecule has 0 amide bonds. The molecule has 0 unspecified atom stereocenters. The molecule has 0 saturated heterocycles. The predicted octanol–water partition coefficient (Wildman–Crippen LogP) is 1.96. The number of benzene rings is 1. The maximum atomic E-state index is 13.3. The van der Waals surface area contributed by atoms with Gasteiger partial charge in [-0.1, -0.05) is 13.8 Å². The van der Waals surface area contributed by atoms with E-state index in [1.165, 1.54) is 0 Å². The van der Waals surface area contributed by atoms with Crippen LogP contribution in [0.4, 0.5) is 8.78 Å². The number of hydrogen-bond donors (Lipinski definition) is 0. The smallest absolute Gasteiger partial charge is 0.188 e. The summed E-state index contributed by atoms with van der Waals surface area (Å²) < 4.78 is 49.5. The zero-order valence-corrected chi connectivity index (χ0v) is 10.2. The van der Waals surface area contributed by atoms with Crippen molar-refractivity contribution >= 4 is 15.6 Å². The van der Waals surface area contributed by atoms with Gasteiger partial charge in [0.15, 0.2) is 15.6 Å². The lowest BCUT2D eigenvalue weighted by Crippen LogP contribution is -2.21. The van der Waals surface area contributed by atoms with Gasteiger partial charge in [-0.05, 0) is 18.2 Å². The highest BCUT2D eigenvalue weighted by Gasteiger charge is 2.24. The Bertz CT molecular complexity index is 536. The van der Waals surface area contributed by atoms with E-state index in [0.717, 1.165) is 12.1 Å². The molecule has 0 spiro atoms. The number of rotatable bonds is 4. The molecular formula is C11H12F2O3S. The third kappa shape index (κ3) is 3.33. The number of halogens is 2. The lowest BCUT2D eigenvalue weighted by molar-refractivity contribution is -0.119. The van der Waals surface area contributed by atoms with E-state index < -0.39 is 43.8 Å². The Kier molecular flexibility index (Phi) is 3.98. The van der Waals surface area contributed by atoms with E-state index in [4.69, 9.17) is 0 Å². The Hall–Kier alpha value is -1.30. The van der Waals surface area contributed by atoms with E-state index in [1.54, 1.807) is 13.8 Å². The van der Waals surface area contributed by atoms with Crippen molar-refractivity contribution in [2.75, 3.05) is 5.75 Å². The Morgan fingerprint density at radius 3 is 2.41 bits per heavy atom. The number of Topliss-reactive ketones (excluding diaryl/α,β-unsaturated/α-hetero) is 1. The molecule has 0 heterocycles. The lowest BCUT2D eigenvalue weighted by Gasteiger charge is -2.07. The second-order valence-electron chi connectivity index (χ2n) is 3.95. The van der Waals surface area contributed by atoms with E-state index in [2.05, 4.69) is 0 Å². The molecule has 17 heavy (non-hydrogen) atoms. The third-order valence-electron chi connectivity index (χ3n) is 2.20. The van der Waals surface area contributed by atoms with Gasteiger partial charge in [0.2, 0.25) is 0 Å². The van der Waals surface area contributed by atoms with Crippen LogP contribution in [0.15, 0.2) is 23.1 Å². The topological polar surface area (TPSA) is 51.2 Å². The molecule has 0 fully saturated rings. The summed E-state index contributed by atoms with van der Waals surface area (Å²) in [4.78, 5) is 10.6. The molecule has 1 aromatic carbocycles. The molecular weight excluding hydrogens is 250 g/mol. The molecule has 0 aliphatic heterocycles. The van der Waals surface area contributed by atoms with Crippen LogP contribution in [0.25, 0.3) is 0 Å². The van der Waals surface area contributed by atoms with E-state index in [-0.39, 0.29) is 0 Å². The highest BCUT2D eigenvalue weighted by Crippen LogP contribution is 2.18. The summed E-state index contributed by atoms with van der Waals surface area (Å²) in [5.74, 6) is -3.73. The van der Waals surface area contributed by atoms with Crippen molar-refractivity contribution in [1.29, 1.82) is 0 Å².